The molecule has 5 nitrogen and oxygen atoms in total. The Hall–Kier alpha value is -2.17. The number of ether oxygens (including phenoxy) is 1. The molecule has 0 unspecified atom stereocenters. The molecular weight excluding hydrogens is 206 g/mol. The largest absolute Gasteiger partial charge is 0.508 e. The summed E-state index contributed by atoms with van der Waals surface area (Å²) in [6.07, 6.45) is 1.65. The quantitative estimate of drug-likeness (QED) is 0.800. The van der Waals surface area contributed by atoms with Gasteiger partial charge in [-0.05, 0) is 18.2 Å². The zero-order valence-corrected chi connectivity index (χ0v) is 9.14. The normalized spacial score (nSPS) is 10.4. The highest BCUT2D eigenvalue weighted by atomic mass is 16.5. The van der Waals surface area contributed by atoms with E-state index in [1.807, 2.05) is 0 Å². The lowest BCUT2D eigenvalue weighted by atomic mass is 10.1. The number of nitrogens with two attached hydrogens (primary N) is 1. The van der Waals surface area contributed by atoms with E-state index in [0.29, 0.717) is 11.6 Å². The van der Waals surface area contributed by atoms with E-state index in [0.717, 1.165) is 11.1 Å². The molecule has 0 fully saturated rings. The van der Waals surface area contributed by atoms with E-state index in [1.165, 1.54) is 0 Å². The maximum absolute atomic E-state index is 9.47. The average molecular weight is 219 g/mol. The molecule has 0 amide bonds. The number of hydrogen-bond donors (Lipinski definition) is 2. The molecule has 0 saturated heterocycles. The molecule has 2 rings (SSSR count). The Morgan fingerprint density at radius 3 is 2.69 bits per heavy atom. The second-order valence-corrected chi connectivity index (χ2v) is 3.45. The number of anilines is 1. The van der Waals surface area contributed by atoms with E-state index < -0.39 is 0 Å². The SMILES string of the molecule is COc1ccc(O)cc1-c1cnn(C)c1N. The molecule has 84 valence electrons. The Morgan fingerprint density at radius 1 is 1.38 bits per heavy atom. The Kier molecular flexibility index (Phi) is 2.44. The van der Waals surface area contributed by atoms with Crippen LogP contribution in [-0.2, 0) is 7.05 Å². The molecule has 5 heteroatoms. The van der Waals surface area contributed by atoms with Gasteiger partial charge in [-0.1, -0.05) is 0 Å². The van der Waals surface area contributed by atoms with Crippen molar-refractivity contribution >= 4 is 5.82 Å². The zero-order valence-electron chi connectivity index (χ0n) is 9.14. The number of phenols is 1. The van der Waals surface area contributed by atoms with Gasteiger partial charge in [0.05, 0.1) is 13.3 Å². The van der Waals surface area contributed by atoms with Crippen molar-refractivity contribution in [2.45, 2.75) is 0 Å². The molecule has 0 aliphatic heterocycles. The second kappa shape index (κ2) is 3.77. The van der Waals surface area contributed by atoms with Gasteiger partial charge in [0.1, 0.15) is 17.3 Å². The number of aryl methyl sites for hydroxylation is 1. The molecule has 3 N–H and O–H groups in total. The third-order valence-corrected chi connectivity index (χ3v) is 2.46. The van der Waals surface area contributed by atoms with E-state index in [1.54, 1.807) is 43.2 Å². The Labute approximate surface area is 93.1 Å². The minimum absolute atomic E-state index is 0.166. The standard InChI is InChI=1S/C11H13N3O2/c1-14-11(12)9(6-13-14)8-5-7(15)3-4-10(8)16-2/h3-6,15H,12H2,1-2H3. The third kappa shape index (κ3) is 1.56. The van der Waals surface area contributed by atoms with Crippen LogP contribution in [0.2, 0.25) is 0 Å². The molecule has 0 aliphatic rings. The molecule has 1 heterocycles. The van der Waals surface area contributed by atoms with Crippen LogP contribution in [0.15, 0.2) is 24.4 Å². The number of methoxy groups -OCH3 is 1. The summed E-state index contributed by atoms with van der Waals surface area (Å²) >= 11 is 0. The van der Waals surface area contributed by atoms with Gasteiger partial charge in [-0.2, -0.15) is 5.10 Å². The Morgan fingerprint density at radius 2 is 2.12 bits per heavy atom. The van der Waals surface area contributed by atoms with Crippen molar-refractivity contribution in [2.24, 2.45) is 7.05 Å². The summed E-state index contributed by atoms with van der Waals surface area (Å²) in [7, 11) is 3.33. The summed E-state index contributed by atoms with van der Waals surface area (Å²) < 4.78 is 6.78. The fourth-order valence-corrected chi connectivity index (χ4v) is 1.56. The first-order chi connectivity index (χ1) is 7.63. The Bertz CT molecular complexity index is 520. The van der Waals surface area contributed by atoms with Gasteiger partial charge in [-0.15, -0.1) is 0 Å². The summed E-state index contributed by atoms with van der Waals surface area (Å²) in [4.78, 5) is 0. The van der Waals surface area contributed by atoms with Crippen LogP contribution in [0.4, 0.5) is 5.82 Å². The zero-order chi connectivity index (χ0) is 11.7. The van der Waals surface area contributed by atoms with Gasteiger partial charge in [0.25, 0.3) is 0 Å². The molecule has 0 aliphatic carbocycles. The summed E-state index contributed by atoms with van der Waals surface area (Å²) in [6.45, 7) is 0. The molecule has 0 bridgehead atoms. The number of aromatic nitrogens is 2. The van der Waals surface area contributed by atoms with E-state index in [2.05, 4.69) is 5.10 Å². The maximum atomic E-state index is 9.47. The predicted octanol–water partition coefficient (Wildman–Crippen LogP) is 1.38. The number of rotatable bonds is 2. The lowest BCUT2D eigenvalue weighted by molar-refractivity contribution is 0.414. The van der Waals surface area contributed by atoms with Gasteiger partial charge in [0, 0.05) is 18.2 Å². The van der Waals surface area contributed by atoms with Crippen LogP contribution in [0.25, 0.3) is 11.1 Å². The highest BCUT2D eigenvalue weighted by Crippen LogP contribution is 2.35. The number of phenolic OH excluding ortho intramolecular Hbond substituents is 1. The van der Waals surface area contributed by atoms with Crippen molar-refractivity contribution in [3.8, 4) is 22.6 Å². The first-order valence-electron chi connectivity index (χ1n) is 4.78. The van der Waals surface area contributed by atoms with Crippen molar-refractivity contribution < 1.29 is 9.84 Å². The van der Waals surface area contributed by atoms with Gasteiger partial charge in [0.2, 0.25) is 0 Å². The lowest BCUT2D eigenvalue weighted by Crippen LogP contribution is -1.98. The first-order valence-corrected chi connectivity index (χ1v) is 4.78. The van der Waals surface area contributed by atoms with E-state index >= 15 is 0 Å². The van der Waals surface area contributed by atoms with Gasteiger partial charge in [0.15, 0.2) is 0 Å². The molecule has 0 saturated carbocycles. The minimum atomic E-state index is 0.166. The number of nitrogen functional groups attached to an aromatic ring is 1. The predicted molar refractivity (Wildman–Crippen MR) is 61.3 cm³/mol. The summed E-state index contributed by atoms with van der Waals surface area (Å²) in [5, 5.41) is 13.5. The second-order valence-electron chi connectivity index (χ2n) is 3.45. The van der Waals surface area contributed by atoms with Crippen LogP contribution in [0, 0.1) is 0 Å². The van der Waals surface area contributed by atoms with Crippen LogP contribution < -0.4 is 10.5 Å². The number of hydrogen-bond acceptors (Lipinski definition) is 4. The Balaban J connectivity index is 2.62. The van der Waals surface area contributed by atoms with Crippen LogP contribution >= 0.6 is 0 Å². The molecule has 0 radical (unpaired) electrons. The van der Waals surface area contributed by atoms with E-state index in [9.17, 15) is 5.11 Å². The van der Waals surface area contributed by atoms with E-state index in [4.69, 9.17) is 10.5 Å². The lowest BCUT2D eigenvalue weighted by Gasteiger charge is -2.08. The third-order valence-electron chi connectivity index (χ3n) is 2.46. The van der Waals surface area contributed by atoms with Gasteiger partial charge < -0.3 is 15.6 Å². The minimum Gasteiger partial charge on any atom is -0.508 e. The summed E-state index contributed by atoms with van der Waals surface area (Å²) in [6, 6.07) is 4.86. The maximum Gasteiger partial charge on any atom is 0.129 e. The fraction of sp³-hybridized carbons (Fsp3) is 0.182. The number of nitrogens with zero attached hydrogens (tertiary/aromatic N) is 2. The highest BCUT2D eigenvalue weighted by Gasteiger charge is 2.12. The molecular formula is C11H13N3O2. The monoisotopic (exact) mass is 219 g/mol. The van der Waals surface area contributed by atoms with Gasteiger partial charge >= 0.3 is 0 Å². The van der Waals surface area contributed by atoms with Crippen molar-refractivity contribution in [3.05, 3.63) is 24.4 Å². The number of aromatic hydroxyl groups is 1. The summed E-state index contributed by atoms with van der Waals surface area (Å²) in [5.74, 6) is 1.35. The molecule has 1 aromatic carbocycles. The topological polar surface area (TPSA) is 73.3 Å². The van der Waals surface area contributed by atoms with Gasteiger partial charge in [-0.3, -0.25) is 4.68 Å². The van der Waals surface area contributed by atoms with Crippen LogP contribution in [-0.4, -0.2) is 22.0 Å². The number of benzene rings is 1. The molecule has 0 atom stereocenters. The molecule has 16 heavy (non-hydrogen) atoms. The van der Waals surface area contributed by atoms with Crippen molar-refractivity contribution in [3.63, 3.8) is 0 Å². The molecule has 2 aromatic rings. The molecule has 1 aromatic heterocycles. The van der Waals surface area contributed by atoms with Gasteiger partial charge in [-0.25, -0.2) is 0 Å². The van der Waals surface area contributed by atoms with Crippen molar-refractivity contribution in [1.82, 2.24) is 9.78 Å². The molecule has 0 spiro atoms. The van der Waals surface area contributed by atoms with Crippen LogP contribution in [0.5, 0.6) is 11.5 Å². The first kappa shape index (κ1) is 10.4. The summed E-state index contributed by atoms with van der Waals surface area (Å²) in [5.41, 5.74) is 7.35. The van der Waals surface area contributed by atoms with Crippen molar-refractivity contribution in [2.75, 3.05) is 12.8 Å². The van der Waals surface area contributed by atoms with Crippen molar-refractivity contribution in [1.29, 1.82) is 0 Å². The smallest absolute Gasteiger partial charge is 0.129 e. The van der Waals surface area contributed by atoms with Crippen LogP contribution in [0.3, 0.4) is 0 Å². The van der Waals surface area contributed by atoms with Crippen LogP contribution in [0.1, 0.15) is 0 Å². The highest BCUT2D eigenvalue weighted by molar-refractivity contribution is 5.79. The fourth-order valence-electron chi connectivity index (χ4n) is 1.56. The van der Waals surface area contributed by atoms with E-state index in [-0.39, 0.29) is 5.75 Å². The average Bonchev–Trinajstić information content (AvgIpc) is 2.60.